The molecule has 16 heavy (non-hydrogen) atoms. The van der Waals surface area contributed by atoms with Gasteiger partial charge in [-0.05, 0) is 37.7 Å². The van der Waals surface area contributed by atoms with Gasteiger partial charge >= 0.3 is 0 Å². The minimum absolute atomic E-state index is 0.262. The van der Waals surface area contributed by atoms with Crippen LogP contribution in [0.1, 0.15) is 11.5 Å². The molecule has 1 aromatic carbocycles. The number of rotatable bonds is 3. The molecular weight excluding hydrogens is 207 g/mol. The molecule has 0 unspecified atom stereocenters. The number of hydrogen-bond acceptors (Lipinski definition) is 3. The molecule has 2 rings (SSSR count). The van der Waals surface area contributed by atoms with E-state index in [4.69, 9.17) is 4.42 Å². The van der Waals surface area contributed by atoms with E-state index in [9.17, 15) is 4.39 Å². The molecule has 2 aromatic rings. The van der Waals surface area contributed by atoms with Gasteiger partial charge in [-0.15, -0.1) is 0 Å². The summed E-state index contributed by atoms with van der Waals surface area (Å²) in [6.07, 6.45) is 1.61. The lowest BCUT2D eigenvalue weighted by molar-refractivity contribution is 0.490. The van der Waals surface area contributed by atoms with Crippen LogP contribution >= 0.6 is 0 Å². The number of aryl methyl sites for hydroxylation is 1. The van der Waals surface area contributed by atoms with Gasteiger partial charge in [0.2, 0.25) is 5.89 Å². The number of nitrogens with one attached hydrogen (secondary N) is 1. The monoisotopic (exact) mass is 220 g/mol. The minimum atomic E-state index is -0.262. The van der Waals surface area contributed by atoms with Crippen LogP contribution in [0, 0.1) is 12.7 Å². The maximum absolute atomic E-state index is 13.2. The Hall–Kier alpha value is -1.68. The topological polar surface area (TPSA) is 38.1 Å². The van der Waals surface area contributed by atoms with E-state index in [0.717, 1.165) is 5.56 Å². The lowest BCUT2D eigenvalue weighted by Gasteiger charge is -1.99. The second-order valence-corrected chi connectivity index (χ2v) is 3.67. The maximum Gasteiger partial charge on any atom is 0.208 e. The van der Waals surface area contributed by atoms with Gasteiger partial charge in [0, 0.05) is 5.56 Å². The molecule has 0 bridgehead atoms. The largest absolute Gasteiger partial charge is 0.439 e. The summed E-state index contributed by atoms with van der Waals surface area (Å²) in [6.45, 7) is 2.41. The fourth-order valence-electron chi connectivity index (χ4n) is 1.56. The highest BCUT2D eigenvalue weighted by molar-refractivity contribution is 5.57. The molecule has 0 saturated carbocycles. The third-order valence-corrected chi connectivity index (χ3v) is 2.21. The molecule has 1 aromatic heterocycles. The van der Waals surface area contributed by atoms with E-state index >= 15 is 0 Å². The molecule has 0 fully saturated rings. The smallest absolute Gasteiger partial charge is 0.208 e. The van der Waals surface area contributed by atoms with Crippen LogP contribution in [0.15, 0.2) is 28.8 Å². The summed E-state index contributed by atoms with van der Waals surface area (Å²) in [5, 5.41) is 2.94. The van der Waals surface area contributed by atoms with E-state index < -0.39 is 0 Å². The third kappa shape index (κ3) is 2.28. The average Bonchev–Trinajstić information content (AvgIpc) is 2.65. The molecule has 84 valence electrons. The van der Waals surface area contributed by atoms with Crippen molar-refractivity contribution in [3.05, 3.63) is 41.7 Å². The number of oxazole rings is 1. The van der Waals surface area contributed by atoms with Crippen LogP contribution in [0.2, 0.25) is 0 Å². The first kappa shape index (κ1) is 10.8. The zero-order valence-electron chi connectivity index (χ0n) is 9.25. The van der Waals surface area contributed by atoms with E-state index in [1.54, 1.807) is 6.20 Å². The first-order chi connectivity index (χ1) is 7.69. The number of halogens is 1. The van der Waals surface area contributed by atoms with E-state index in [1.807, 2.05) is 20.0 Å². The van der Waals surface area contributed by atoms with Crippen molar-refractivity contribution >= 4 is 0 Å². The van der Waals surface area contributed by atoms with Gasteiger partial charge in [-0.3, -0.25) is 0 Å². The third-order valence-electron chi connectivity index (χ3n) is 2.21. The van der Waals surface area contributed by atoms with E-state index in [1.165, 1.54) is 12.1 Å². The van der Waals surface area contributed by atoms with Gasteiger partial charge in [-0.2, -0.15) is 0 Å². The SMILES string of the molecule is CNCc1ncc(-c2cc(C)cc(F)c2)o1. The molecule has 0 saturated heterocycles. The van der Waals surface area contributed by atoms with Crippen molar-refractivity contribution in [2.24, 2.45) is 0 Å². The lowest BCUT2D eigenvalue weighted by Crippen LogP contribution is -2.04. The van der Waals surface area contributed by atoms with Crippen LogP contribution in [-0.2, 0) is 6.54 Å². The summed E-state index contributed by atoms with van der Waals surface area (Å²) in [6, 6.07) is 4.79. The Bertz CT molecular complexity index is 473. The zero-order valence-corrected chi connectivity index (χ0v) is 9.25. The van der Waals surface area contributed by atoms with Gasteiger partial charge in [-0.25, -0.2) is 9.37 Å². The molecule has 0 aliphatic heterocycles. The summed E-state index contributed by atoms with van der Waals surface area (Å²) in [5.74, 6) is 0.925. The lowest BCUT2D eigenvalue weighted by atomic mass is 10.1. The number of aromatic nitrogens is 1. The summed E-state index contributed by atoms with van der Waals surface area (Å²) in [4.78, 5) is 4.09. The van der Waals surface area contributed by atoms with Gasteiger partial charge in [-0.1, -0.05) is 0 Å². The molecule has 1 heterocycles. The Morgan fingerprint density at radius 1 is 1.38 bits per heavy atom. The summed E-state index contributed by atoms with van der Waals surface area (Å²) < 4.78 is 18.7. The van der Waals surface area contributed by atoms with E-state index in [2.05, 4.69) is 10.3 Å². The molecule has 0 atom stereocenters. The van der Waals surface area contributed by atoms with Crippen molar-refractivity contribution in [3.63, 3.8) is 0 Å². The Kier molecular flexibility index (Phi) is 3.01. The predicted molar refractivity (Wildman–Crippen MR) is 59.4 cm³/mol. The number of hydrogen-bond donors (Lipinski definition) is 1. The van der Waals surface area contributed by atoms with Crippen LogP contribution in [-0.4, -0.2) is 12.0 Å². The van der Waals surface area contributed by atoms with Gasteiger partial charge in [0.15, 0.2) is 5.76 Å². The number of benzene rings is 1. The molecule has 0 aliphatic carbocycles. The second-order valence-electron chi connectivity index (χ2n) is 3.67. The Labute approximate surface area is 93.3 Å². The fraction of sp³-hybridized carbons (Fsp3) is 0.250. The van der Waals surface area contributed by atoms with Gasteiger partial charge in [0.05, 0.1) is 12.7 Å². The van der Waals surface area contributed by atoms with Gasteiger partial charge in [0.1, 0.15) is 5.82 Å². The molecule has 3 nitrogen and oxygen atoms in total. The molecule has 0 radical (unpaired) electrons. The average molecular weight is 220 g/mol. The van der Waals surface area contributed by atoms with Crippen molar-refractivity contribution in [2.45, 2.75) is 13.5 Å². The van der Waals surface area contributed by atoms with Gasteiger partial charge < -0.3 is 9.73 Å². The number of nitrogens with zero attached hydrogens (tertiary/aromatic N) is 1. The maximum atomic E-state index is 13.2. The molecular formula is C12H13FN2O. The summed E-state index contributed by atoms with van der Waals surface area (Å²) in [5.41, 5.74) is 1.58. The second kappa shape index (κ2) is 4.45. The fourth-order valence-corrected chi connectivity index (χ4v) is 1.56. The molecule has 0 spiro atoms. The predicted octanol–water partition coefficient (Wildman–Crippen LogP) is 2.51. The molecule has 0 aliphatic rings. The Morgan fingerprint density at radius 3 is 2.88 bits per heavy atom. The first-order valence-electron chi connectivity index (χ1n) is 5.06. The zero-order chi connectivity index (χ0) is 11.5. The Balaban J connectivity index is 2.34. The van der Waals surface area contributed by atoms with E-state index in [0.29, 0.717) is 23.8 Å². The summed E-state index contributed by atoms with van der Waals surface area (Å²) in [7, 11) is 1.82. The van der Waals surface area contributed by atoms with Crippen molar-refractivity contribution in [3.8, 4) is 11.3 Å². The van der Waals surface area contributed by atoms with Crippen LogP contribution in [0.3, 0.4) is 0 Å². The Morgan fingerprint density at radius 2 is 2.19 bits per heavy atom. The van der Waals surface area contributed by atoms with E-state index in [-0.39, 0.29) is 5.82 Å². The molecule has 1 N–H and O–H groups in total. The highest BCUT2D eigenvalue weighted by atomic mass is 19.1. The van der Waals surface area contributed by atoms with Crippen LogP contribution < -0.4 is 5.32 Å². The molecule has 0 amide bonds. The van der Waals surface area contributed by atoms with Crippen molar-refractivity contribution in [1.82, 2.24) is 10.3 Å². The van der Waals surface area contributed by atoms with Crippen LogP contribution in [0.25, 0.3) is 11.3 Å². The van der Waals surface area contributed by atoms with Gasteiger partial charge in [0.25, 0.3) is 0 Å². The van der Waals surface area contributed by atoms with Crippen molar-refractivity contribution in [1.29, 1.82) is 0 Å². The minimum Gasteiger partial charge on any atom is -0.439 e. The molecule has 4 heteroatoms. The van der Waals surface area contributed by atoms with Crippen molar-refractivity contribution in [2.75, 3.05) is 7.05 Å². The van der Waals surface area contributed by atoms with Crippen LogP contribution in [0.5, 0.6) is 0 Å². The highest BCUT2D eigenvalue weighted by Gasteiger charge is 2.07. The van der Waals surface area contributed by atoms with Crippen LogP contribution in [0.4, 0.5) is 4.39 Å². The van der Waals surface area contributed by atoms with Crippen molar-refractivity contribution < 1.29 is 8.81 Å². The first-order valence-corrected chi connectivity index (χ1v) is 5.06. The highest BCUT2D eigenvalue weighted by Crippen LogP contribution is 2.22. The normalized spacial score (nSPS) is 10.7. The standard InChI is InChI=1S/C12H13FN2O/c1-8-3-9(5-10(13)4-8)11-6-15-12(16-11)7-14-2/h3-6,14H,7H2,1-2H3. The quantitative estimate of drug-likeness (QED) is 0.863. The summed E-state index contributed by atoms with van der Waals surface area (Å²) >= 11 is 0.